The standard InChI is InChI=1S/C16H25N5O2/c17-14(22)11-21-9-5-18-16(21)13-4-3-8-20(10-13)15(23)12-19-6-1-2-7-19/h5,9,13H,1-4,6-8,10-12H2,(H2,17,22)/t13-/m1/s1. The predicted octanol–water partition coefficient (Wildman–Crippen LogP) is 0.170. The minimum atomic E-state index is -0.373. The summed E-state index contributed by atoms with van der Waals surface area (Å²) in [6.07, 6.45) is 7.83. The maximum atomic E-state index is 12.5. The fourth-order valence-corrected chi connectivity index (χ4v) is 3.63. The molecular weight excluding hydrogens is 294 g/mol. The molecule has 0 aliphatic carbocycles. The van der Waals surface area contributed by atoms with E-state index in [1.54, 1.807) is 17.0 Å². The number of hydrogen-bond donors (Lipinski definition) is 1. The number of hydrogen-bond acceptors (Lipinski definition) is 4. The molecule has 2 aliphatic heterocycles. The molecule has 2 fully saturated rings. The average Bonchev–Trinajstić information content (AvgIpc) is 3.18. The Hall–Kier alpha value is -1.89. The van der Waals surface area contributed by atoms with Crippen molar-refractivity contribution in [2.75, 3.05) is 32.7 Å². The lowest BCUT2D eigenvalue weighted by molar-refractivity contribution is -0.133. The van der Waals surface area contributed by atoms with Gasteiger partial charge in [-0.1, -0.05) is 0 Å². The predicted molar refractivity (Wildman–Crippen MR) is 85.7 cm³/mol. The second-order valence-corrected chi connectivity index (χ2v) is 6.54. The molecule has 2 aliphatic rings. The average molecular weight is 319 g/mol. The molecule has 0 saturated carbocycles. The Kier molecular flexibility index (Phi) is 4.95. The van der Waals surface area contributed by atoms with E-state index in [9.17, 15) is 9.59 Å². The molecule has 1 atom stereocenters. The summed E-state index contributed by atoms with van der Waals surface area (Å²) in [6.45, 7) is 4.25. The normalized spacial score (nSPS) is 22.4. The number of rotatable bonds is 5. The van der Waals surface area contributed by atoms with E-state index in [-0.39, 0.29) is 24.3 Å². The minimum Gasteiger partial charge on any atom is -0.368 e. The number of carbonyl (C=O) groups is 2. The van der Waals surface area contributed by atoms with E-state index >= 15 is 0 Å². The first kappa shape index (κ1) is 16.0. The van der Waals surface area contributed by atoms with Crippen LogP contribution in [0.5, 0.6) is 0 Å². The zero-order valence-electron chi connectivity index (χ0n) is 13.5. The van der Waals surface area contributed by atoms with Crippen LogP contribution >= 0.6 is 0 Å². The van der Waals surface area contributed by atoms with Gasteiger partial charge in [-0.25, -0.2) is 4.98 Å². The van der Waals surface area contributed by atoms with Crippen molar-refractivity contribution < 1.29 is 9.59 Å². The summed E-state index contributed by atoms with van der Waals surface area (Å²) in [4.78, 5) is 32.3. The fourth-order valence-electron chi connectivity index (χ4n) is 3.63. The second kappa shape index (κ2) is 7.12. The Labute approximate surface area is 136 Å². The molecule has 0 spiro atoms. The molecule has 2 saturated heterocycles. The number of primary amides is 1. The van der Waals surface area contributed by atoms with Gasteiger partial charge in [0.2, 0.25) is 11.8 Å². The van der Waals surface area contributed by atoms with Gasteiger partial charge in [0.1, 0.15) is 12.4 Å². The molecular formula is C16H25N5O2. The largest absolute Gasteiger partial charge is 0.368 e. The van der Waals surface area contributed by atoms with Gasteiger partial charge in [-0.15, -0.1) is 0 Å². The van der Waals surface area contributed by atoms with E-state index < -0.39 is 0 Å². The quantitative estimate of drug-likeness (QED) is 0.838. The van der Waals surface area contributed by atoms with Crippen LogP contribution in [0.3, 0.4) is 0 Å². The molecule has 0 aromatic carbocycles. The summed E-state index contributed by atoms with van der Waals surface area (Å²) in [5.74, 6) is 0.884. The van der Waals surface area contributed by atoms with Gasteiger partial charge < -0.3 is 15.2 Å². The summed E-state index contributed by atoms with van der Waals surface area (Å²) in [5, 5.41) is 0. The van der Waals surface area contributed by atoms with Gasteiger partial charge in [0, 0.05) is 31.4 Å². The molecule has 0 bridgehead atoms. The van der Waals surface area contributed by atoms with Crippen molar-refractivity contribution in [1.29, 1.82) is 0 Å². The highest BCUT2D eigenvalue weighted by Crippen LogP contribution is 2.26. The number of piperidine rings is 1. The van der Waals surface area contributed by atoms with Crippen molar-refractivity contribution in [2.45, 2.75) is 38.1 Å². The third kappa shape index (κ3) is 3.90. The van der Waals surface area contributed by atoms with E-state index in [1.165, 1.54) is 12.8 Å². The van der Waals surface area contributed by atoms with E-state index in [0.29, 0.717) is 13.1 Å². The van der Waals surface area contributed by atoms with Gasteiger partial charge in [0.25, 0.3) is 0 Å². The maximum absolute atomic E-state index is 12.5. The molecule has 23 heavy (non-hydrogen) atoms. The van der Waals surface area contributed by atoms with Crippen LogP contribution in [-0.4, -0.2) is 63.9 Å². The van der Waals surface area contributed by atoms with E-state index in [1.807, 2.05) is 4.90 Å². The Balaban J connectivity index is 1.62. The molecule has 7 heteroatoms. The highest BCUT2D eigenvalue weighted by Gasteiger charge is 2.28. The monoisotopic (exact) mass is 319 g/mol. The number of aromatic nitrogens is 2. The smallest absolute Gasteiger partial charge is 0.237 e. The molecule has 3 heterocycles. The molecule has 126 valence electrons. The van der Waals surface area contributed by atoms with Crippen LogP contribution in [0.15, 0.2) is 12.4 Å². The van der Waals surface area contributed by atoms with Crippen molar-refractivity contribution >= 4 is 11.8 Å². The van der Waals surface area contributed by atoms with Crippen LogP contribution in [0.1, 0.15) is 37.4 Å². The summed E-state index contributed by atoms with van der Waals surface area (Å²) in [7, 11) is 0. The van der Waals surface area contributed by atoms with Crippen molar-refractivity contribution in [1.82, 2.24) is 19.4 Å². The Morgan fingerprint density at radius 1 is 1.17 bits per heavy atom. The number of nitrogens with zero attached hydrogens (tertiary/aromatic N) is 4. The lowest BCUT2D eigenvalue weighted by atomic mass is 9.97. The molecule has 2 amide bonds. The Morgan fingerprint density at radius 3 is 2.70 bits per heavy atom. The molecule has 1 aromatic heterocycles. The van der Waals surface area contributed by atoms with Crippen molar-refractivity contribution in [3.05, 3.63) is 18.2 Å². The van der Waals surface area contributed by atoms with E-state index in [0.717, 1.165) is 38.3 Å². The number of imidazole rings is 1. The summed E-state index contributed by atoms with van der Waals surface area (Å²) < 4.78 is 1.81. The lowest BCUT2D eigenvalue weighted by Gasteiger charge is -2.33. The molecule has 2 N–H and O–H groups in total. The van der Waals surface area contributed by atoms with Crippen LogP contribution < -0.4 is 5.73 Å². The first-order chi connectivity index (χ1) is 11.1. The van der Waals surface area contributed by atoms with Crippen molar-refractivity contribution in [3.8, 4) is 0 Å². The van der Waals surface area contributed by atoms with E-state index in [4.69, 9.17) is 5.73 Å². The van der Waals surface area contributed by atoms with Gasteiger partial charge in [-0.05, 0) is 38.8 Å². The van der Waals surface area contributed by atoms with Gasteiger partial charge in [-0.3, -0.25) is 14.5 Å². The molecule has 7 nitrogen and oxygen atoms in total. The van der Waals surface area contributed by atoms with E-state index in [2.05, 4.69) is 9.88 Å². The number of amides is 2. The minimum absolute atomic E-state index is 0.146. The van der Waals surface area contributed by atoms with Gasteiger partial charge >= 0.3 is 0 Å². The summed E-state index contributed by atoms with van der Waals surface area (Å²) in [6, 6.07) is 0. The molecule has 1 aromatic rings. The number of likely N-dealkylation sites (tertiary alicyclic amines) is 2. The second-order valence-electron chi connectivity index (χ2n) is 6.54. The fraction of sp³-hybridized carbons (Fsp3) is 0.688. The Bertz CT molecular complexity index is 565. The van der Waals surface area contributed by atoms with Crippen LogP contribution in [0.4, 0.5) is 0 Å². The van der Waals surface area contributed by atoms with Gasteiger partial charge in [-0.2, -0.15) is 0 Å². The number of carbonyl (C=O) groups excluding carboxylic acids is 2. The maximum Gasteiger partial charge on any atom is 0.237 e. The number of nitrogens with two attached hydrogens (primary N) is 1. The SMILES string of the molecule is NC(=O)Cn1ccnc1[C@@H]1CCCN(C(=O)CN2CCCC2)C1. The first-order valence-electron chi connectivity index (χ1n) is 8.43. The Morgan fingerprint density at radius 2 is 1.96 bits per heavy atom. The van der Waals surface area contributed by atoms with Crippen LogP contribution in [0.25, 0.3) is 0 Å². The topological polar surface area (TPSA) is 84.5 Å². The third-order valence-electron chi connectivity index (χ3n) is 4.77. The molecule has 0 unspecified atom stereocenters. The van der Waals surface area contributed by atoms with Crippen LogP contribution in [0.2, 0.25) is 0 Å². The highest BCUT2D eigenvalue weighted by molar-refractivity contribution is 5.78. The van der Waals surface area contributed by atoms with Crippen LogP contribution in [0, 0.1) is 0 Å². The third-order valence-corrected chi connectivity index (χ3v) is 4.77. The zero-order chi connectivity index (χ0) is 16.2. The molecule has 0 radical (unpaired) electrons. The zero-order valence-corrected chi connectivity index (χ0v) is 13.5. The van der Waals surface area contributed by atoms with Gasteiger partial charge in [0.15, 0.2) is 0 Å². The summed E-state index contributed by atoms with van der Waals surface area (Å²) >= 11 is 0. The molecule has 3 rings (SSSR count). The lowest BCUT2D eigenvalue weighted by Crippen LogP contribution is -2.44. The van der Waals surface area contributed by atoms with Gasteiger partial charge in [0.05, 0.1) is 6.54 Å². The van der Waals surface area contributed by atoms with Crippen LogP contribution in [-0.2, 0) is 16.1 Å². The van der Waals surface area contributed by atoms with Crippen molar-refractivity contribution in [3.63, 3.8) is 0 Å². The van der Waals surface area contributed by atoms with Crippen molar-refractivity contribution in [2.24, 2.45) is 5.73 Å². The summed E-state index contributed by atoms with van der Waals surface area (Å²) in [5.41, 5.74) is 5.29. The first-order valence-corrected chi connectivity index (χ1v) is 8.43. The highest BCUT2D eigenvalue weighted by atomic mass is 16.2.